The zero-order valence-corrected chi connectivity index (χ0v) is 15.1. The van der Waals surface area contributed by atoms with Gasteiger partial charge in [0.1, 0.15) is 0 Å². The molecule has 0 spiro atoms. The molecule has 2 aliphatic rings. The predicted octanol–water partition coefficient (Wildman–Crippen LogP) is 1.81. The maximum atomic E-state index is 11.1. The van der Waals surface area contributed by atoms with Gasteiger partial charge in [-0.25, -0.2) is 9.59 Å². The van der Waals surface area contributed by atoms with Crippen LogP contribution in [0.3, 0.4) is 0 Å². The number of rotatable bonds is 4. The number of carbonyl (C=O) groups is 2. The lowest BCUT2D eigenvalue weighted by Gasteiger charge is -2.38. The molecule has 148 valence electrons. The minimum Gasteiger partial charge on any atom is -0.473 e. The highest BCUT2D eigenvalue weighted by molar-refractivity contribution is 6.27. The fourth-order valence-corrected chi connectivity index (χ4v) is 3.62. The fourth-order valence-electron chi connectivity index (χ4n) is 3.62. The highest BCUT2D eigenvalue weighted by Crippen LogP contribution is 2.25. The normalized spacial score (nSPS) is 18.5. The first kappa shape index (κ1) is 20.8. The maximum Gasteiger partial charge on any atom is 0.414 e. The van der Waals surface area contributed by atoms with Crippen LogP contribution in [-0.2, 0) is 16.1 Å². The third kappa shape index (κ3) is 6.30. The van der Waals surface area contributed by atoms with Crippen LogP contribution in [0.25, 0.3) is 0 Å². The Hall–Kier alpha value is -2.52. The first-order chi connectivity index (χ1) is 12.9. The number of nitro groups is 1. The standard InChI is InChI=1S/C16H23N3O2.C2H2O4/c20-19(21)16-8-4-1-5-14(16)13-17-9-11-18(12-10-17)15-6-2-3-7-15;3-1(4)2(5)6/h1,4-5,8,15H,2-3,6-7,9-13H2;(H,3,4)(H,5,6). The van der Waals surface area contributed by atoms with Gasteiger partial charge in [-0.15, -0.1) is 0 Å². The largest absolute Gasteiger partial charge is 0.473 e. The van der Waals surface area contributed by atoms with Crippen molar-refractivity contribution in [2.75, 3.05) is 26.2 Å². The van der Waals surface area contributed by atoms with Crippen LogP contribution in [0, 0.1) is 10.1 Å². The maximum absolute atomic E-state index is 11.1. The van der Waals surface area contributed by atoms with Crippen LogP contribution in [0.15, 0.2) is 24.3 Å². The second-order valence-electron chi connectivity index (χ2n) is 6.75. The van der Waals surface area contributed by atoms with Crippen LogP contribution in [0.5, 0.6) is 0 Å². The Labute approximate surface area is 157 Å². The number of aliphatic carboxylic acids is 2. The summed E-state index contributed by atoms with van der Waals surface area (Å²) in [6.45, 7) is 4.93. The van der Waals surface area contributed by atoms with Crippen molar-refractivity contribution in [1.82, 2.24) is 9.80 Å². The van der Waals surface area contributed by atoms with Gasteiger partial charge in [0.05, 0.1) is 4.92 Å². The van der Waals surface area contributed by atoms with Crippen molar-refractivity contribution >= 4 is 17.6 Å². The highest BCUT2D eigenvalue weighted by Gasteiger charge is 2.26. The van der Waals surface area contributed by atoms with Crippen LogP contribution >= 0.6 is 0 Å². The minimum atomic E-state index is -1.82. The SMILES string of the molecule is O=C(O)C(=O)O.O=[N+]([O-])c1ccccc1CN1CCN(C2CCCC2)CC1. The van der Waals surface area contributed by atoms with E-state index < -0.39 is 11.9 Å². The summed E-state index contributed by atoms with van der Waals surface area (Å²) in [5.74, 6) is -3.65. The molecular formula is C18H25N3O6. The van der Waals surface area contributed by atoms with Crippen LogP contribution in [0.4, 0.5) is 5.69 Å². The van der Waals surface area contributed by atoms with Gasteiger partial charge in [0.2, 0.25) is 0 Å². The Bertz CT molecular complexity index is 655. The molecule has 0 atom stereocenters. The molecule has 0 aromatic heterocycles. The molecule has 3 rings (SSSR count). The van der Waals surface area contributed by atoms with Gasteiger partial charge in [-0.2, -0.15) is 0 Å². The summed E-state index contributed by atoms with van der Waals surface area (Å²) in [7, 11) is 0. The number of benzene rings is 1. The van der Waals surface area contributed by atoms with Crippen molar-refractivity contribution in [3.05, 3.63) is 39.9 Å². The molecule has 2 N–H and O–H groups in total. The molecule has 0 unspecified atom stereocenters. The van der Waals surface area contributed by atoms with Gasteiger partial charge >= 0.3 is 11.9 Å². The Kier molecular flexibility index (Phi) is 7.68. The summed E-state index contributed by atoms with van der Waals surface area (Å²) in [5.41, 5.74) is 1.08. The zero-order valence-electron chi connectivity index (χ0n) is 15.1. The molecule has 1 heterocycles. The van der Waals surface area contributed by atoms with Crippen molar-refractivity contribution in [2.45, 2.75) is 38.3 Å². The van der Waals surface area contributed by atoms with E-state index in [0.717, 1.165) is 37.8 Å². The molecule has 1 aromatic carbocycles. The van der Waals surface area contributed by atoms with E-state index in [4.69, 9.17) is 19.8 Å². The summed E-state index contributed by atoms with van der Waals surface area (Å²) in [6, 6.07) is 7.89. The molecule has 1 saturated carbocycles. The molecular weight excluding hydrogens is 354 g/mol. The first-order valence-electron chi connectivity index (χ1n) is 9.03. The number of hydrogen-bond acceptors (Lipinski definition) is 6. The van der Waals surface area contributed by atoms with Gasteiger partial charge in [0.25, 0.3) is 5.69 Å². The van der Waals surface area contributed by atoms with Crippen LogP contribution in [-0.4, -0.2) is 69.1 Å². The predicted molar refractivity (Wildman–Crippen MR) is 97.5 cm³/mol. The molecule has 0 amide bonds. The quantitative estimate of drug-likeness (QED) is 0.461. The van der Waals surface area contributed by atoms with E-state index in [1.165, 1.54) is 25.7 Å². The smallest absolute Gasteiger partial charge is 0.414 e. The van der Waals surface area contributed by atoms with Gasteiger partial charge in [-0.05, 0) is 12.8 Å². The average Bonchev–Trinajstić information content (AvgIpc) is 3.18. The second kappa shape index (κ2) is 9.98. The summed E-state index contributed by atoms with van der Waals surface area (Å²) < 4.78 is 0. The van der Waals surface area contributed by atoms with E-state index in [1.54, 1.807) is 12.1 Å². The molecule has 1 aliphatic heterocycles. The molecule has 2 fully saturated rings. The first-order valence-corrected chi connectivity index (χ1v) is 9.03. The van der Waals surface area contributed by atoms with Crippen molar-refractivity contribution in [3.8, 4) is 0 Å². The number of carboxylic acid groups (broad SMARTS) is 2. The van der Waals surface area contributed by atoms with Crippen molar-refractivity contribution in [3.63, 3.8) is 0 Å². The third-order valence-electron chi connectivity index (χ3n) is 5.01. The summed E-state index contributed by atoms with van der Waals surface area (Å²) in [4.78, 5) is 33.9. The number of piperazine rings is 1. The van der Waals surface area contributed by atoms with Gasteiger partial charge in [0, 0.05) is 50.4 Å². The molecule has 1 aromatic rings. The fraction of sp³-hybridized carbons (Fsp3) is 0.556. The Morgan fingerprint density at radius 1 is 1.04 bits per heavy atom. The van der Waals surface area contributed by atoms with Crippen LogP contribution in [0.1, 0.15) is 31.2 Å². The van der Waals surface area contributed by atoms with Crippen LogP contribution < -0.4 is 0 Å². The summed E-state index contributed by atoms with van der Waals surface area (Å²) in [6.07, 6.45) is 5.45. The number of nitrogens with zero attached hydrogens (tertiary/aromatic N) is 3. The molecule has 0 radical (unpaired) electrons. The Morgan fingerprint density at radius 2 is 1.59 bits per heavy atom. The van der Waals surface area contributed by atoms with Crippen LogP contribution in [0.2, 0.25) is 0 Å². The molecule has 0 bridgehead atoms. The molecule has 1 saturated heterocycles. The molecule has 9 heteroatoms. The second-order valence-corrected chi connectivity index (χ2v) is 6.75. The summed E-state index contributed by atoms with van der Waals surface area (Å²) in [5, 5.41) is 25.9. The average molecular weight is 379 g/mol. The minimum absolute atomic E-state index is 0.246. The van der Waals surface area contributed by atoms with Crippen molar-refractivity contribution in [2.24, 2.45) is 0 Å². The monoisotopic (exact) mass is 379 g/mol. The van der Waals surface area contributed by atoms with E-state index >= 15 is 0 Å². The third-order valence-corrected chi connectivity index (χ3v) is 5.01. The topological polar surface area (TPSA) is 124 Å². The molecule has 27 heavy (non-hydrogen) atoms. The van der Waals surface area contributed by atoms with Gasteiger partial charge in [-0.1, -0.05) is 31.0 Å². The van der Waals surface area contributed by atoms with Crippen molar-refractivity contribution in [1.29, 1.82) is 0 Å². The number of hydrogen-bond donors (Lipinski definition) is 2. The van der Waals surface area contributed by atoms with Gasteiger partial charge in [0.15, 0.2) is 0 Å². The van der Waals surface area contributed by atoms with E-state index in [2.05, 4.69) is 9.80 Å². The summed E-state index contributed by atoms with van der Waals surface area (Å²) >= 11 is 0. The van der Waals surface area contributed by atoms with E-state index in [1.807, 2.05) is 12.1 Å². The molecule has 9 nitrogen and oxygen atoms in total. The zero-order chi connectivity index (χ0) is 19.8. The van der Waals surface area contributed by atoms with E-state index in [0.29, 0.717) is 6.54 Å². The lowest BCUT2D eigenvalue weighted by Crippen LogP contribution is -2.49. The number of carboxylic acids is 2. The van der Waals surface area contributed by atoms with E-state index in [-0.39, 0.29) is 10.6 Å². The number of para-hydroxylation sites is 1. The van der Waals surface area contributed by atoms with Crippen molar-refractivity contribution < 1.29 is 24.7 Å². The van der Waals surface area contributed by atoms with Gasteiger partial charge < -0.3 is 10.2 Å². The Balaban J connectivity index is 0.000000380. The Morgan fingerprint density at radius 3 is 2.11 bits per heavy atom. The highest BCUT2D eigenvalue weighted by atomic mass is 16.6. The lowest BCUT2D eigenvalue weighted by molar-refractivity contribution is -0.385. The van der Waals surface area contributed by atoms with E-state index in [9.17, 15) is 10.1 Å². The lowest BCUT2D eigenvalue weighted by atomic mass is 10.1. The van der Waals surface area contributed by atoms with Gasteiger partial charge in [-0.3, -0.25) is 19.9 Å². The molecule has 1 aliphatic carbocycles. The number of nitro benzene ring substituents is 1.